The molecule has 5 rings (SSSR count). The van der Waals surface area contributed by atoms with E-state index < -0.39 is 29.8 Å². The average Bonchev–Trinajstić information content (AvgIpc) is 3.26. The zero-order valence-electron chi connectivity index (χ0n) is 31.4. The number of aromatic nitrogens is 2. The monoisotopic (exact) mass is 786 g/mol. The highest BCUT2D eigenvalue weighted by atomic mass is 16.6. The number of pyridine rings is 2. The normalized spacial score (nSPS) is 10.4. The Hall–Kier alpha value is -7.61. The number of esters is 5. The summed E-state index contributed by atoms with van der Waals surface area (Å²) in [6.07, 6.45) is 5.92. The lowest BCUT2D eigenvalue weighted by molar-refractivity contribution is -0.138. The zero-order chi connectivity index (χ0) is 41.3. The fraction of sp³-hybridized carbons (Fsp3) is 0.159. The Morgan fingerprint density at radius 3 is 1.40 bits per heavy atom. The van der Waals surface area contributed by atoms with Crippen LogP contribution in [0.25, 0.3) is 22.5 Å². The van der Waals surface area contributed by atoms with Crippen molar-refractivity contribution < 1.29 is 57.1 Å². The van der Waals surface area contributed by atoms with Crippen LogP contribution in [-0.2, 0) is 23.8 Å². The summed E-state index contributed by atoms with van der Waals surface area (Å²) in [4.78, 5) is 69.8. The molecule has 0 saturated heterocycles. The molecule has 0 atom stereocenters. The molecule has 2 aromatic heterocycles. The smallest absolute Gasteiger partial charge is 0.345 e. The molecule has 0 unspecified atom stereocenters. The van der Waals surface area contributed by atoms with Gasteiger partial charge in [0.1, 0.15) is 11.5 Å². The van der Waals surface area contributed by atoms with Gasteiger partial charge in [-0.15, -0.1) is 0 Å². The summed E-state index contributed by atoms with van der Waals surface area (Å²) < 4.78 is 37.2. The summed E-state index contributed by atoms with van der Waals surface area (Å²) in [5.41, 5.74) is 2.94. The van der Waals surface area contributed by atoms with E-state index in [0.717, 1.165) is 23.3 Å². The molecule has 0 N–H and O–H groups in total. The predicted octanol–water partition coefficient (Wildman–Crippen LogP) is 7.03. The Bertz CT molecular complexity index is 2240. The third kappa shape index (κ3) is 11.9. The molecule has 5 aromatic rings. The third-order valence-corrected chi connectivity index (χ3v) is 8.01. The Kier molecular flexibility index (Phi) is 15.0. The molecule has 14 nitrogen and oxygen atoms in total. The number of benzene rings is 3. The van der Waals surface area contributed by atoms with Crippen LogP contribution >= 0.6 is 0 Å². The summed E-state index contributed by atoms with van der Waals surface area (Å²) in [6, 6.07) is 24.6. The van der Waals surface area contributed by atoms with Crippen molar-refractivity contribution in [2.45, 2.75) is 12.8 Å². The Morgan fingerprint density at radius 2 is 0.983 bits per heavy atom. The van der Waals surface area contributed by atoms with E-state index in [0.29, 0.717) is 48.9 Å². The van der Waals surface area contributed by atoms with Crippen molar-refractivity contribution in [3.8, 4) is 45.5 Å². The van der Waals surface area contributed by atoms with Crippen molar-refractivity contribution in [2.75, 3.05) is 33.5 Å². The van der Waals surface area contributed by atoms with Gasteiger partial charge in [0.2, 0.25) is 0 Å². The van der Waals surface area contributed by atoms with Crippen molar-refractivity contribution in [2.24, 2.45) is 0 Å². The van der Waals surface area contributed by atoms with Crippen LogP contribution in [0.4, 0.5) is 0 Å². The van der Waals surface area contributed by atoms with Crippen molar-refractivity contribution in [1.82, 2.24) is 9.97 Å². The summed E-state index contributed by atoms with van der Waals surface area (Å²) in [5.74, 6) is -2.38. The number of hydrogen-bond donors (Lipinski definition) is 0. The molecule has 0 saturated carbocycles. The first kappa shape index (κ1) is 41.6. The van der Waals surface area contributed by atoms with Gasteiger partial charge in [-0.2, -0.15) is 0 Å². The van der Waals surface area contributed by atoms with E-state index in [1.807, 2.05) is 12.1 Å². The summed E-state index contributed by atoms with van der Waals surface area (Å²) in [7, 11) is 1.20. The molecule has 0 bridgehead atoms. The van der Waals surface area contributed by atoms with Gasteiger partial charge in [-0.05, 0) is 91.0 Å². The second-order valence-electron chi connectivity index (χ2n) is 12.0. The van der Waals surface area contributed by atoms with Crippen LogP contribution in [0.3, 0.4) is 0 Å². The van der Waals surface area contributed by atoms with Crippen LogP contribution in [0.1, 0.15) is 43.9 Å². The Labute approximate surface area is 333 Å². The van der Waals surface area contributed by atoms with Gasteiger partial charge in [0, 0.05) is 48.5 Å². The van der Waals surface area contributed by atoms with Gasteiger partial charge in [-0.1, -0.05) is 13.2 Å². The molecular formula is C44H38N2O12. The van der Waals surface area contributed by atoms with Crippen molar-refractivity contribution >= 4 is 29.8 Å². The Balaban J connectivity index is 1.19. The van der Waals surface area contributed by atoms with Gasteiger partial charge in [0.05, 0.1) is 61.6 Å². The van der Waals surface area contributed by atoms with Crippen LogP contribution in [0.15, 0.2) is 129 Å². The second kappa shape index (κ2) is 20.9. The van der Waals surface area contributed by atoms with Gasteiger partial charge in [-0.3, -0.25) is 9.97 Å². The number of carbonyl (C=O) groups is 5. The molecule has 0 amide bonds. The summed E-state index contributed by atoms with van der Waals surface area (Å²) in [5, 5.41) is 0. The van der Waals surface area contributed by atoms with Crippen LogP contribution < -0.4 is 18.9 Å². The van der Waals surface area contributed by atoms with E-state index in [1.54, 1.807) is 48.5 Å². The van der Waals surface area contributed by atoms with E-state index in [4.69, 9.17) is 33.2 Å². The minimum Gasteiger partial charge on any atom is -0.493 e. The molecule has 0 aliphatic carbocycles. The maximum absolute atomic E-state index is 13.3. The topological polar surface area (TPSA) is 176 Å². The second-order valence-corrected chi connectivity index (χ2v) is 12.0. The maximum Gasteiger partial charge on any atom is 0.345 e. The highest BCUT2D eigenvalue weighted by molar-refractivity contribution is 5.95. The molecule has 0 fully saturated rings. The van der Waals surface area contributed by atoms with Gasteiger partial charge >= 0.3 is 29.8 Å². The number of rotatable bonds is 19. The first-order valence-corrected chi connectivity index (χ1v) is 17.8. The Morgan fingerprint density at radius 1 is 0.534 bits per heavy atom. The molecular weight excluding hydrogens is 748 g/mol. The van der Waals surface area contributed by atoms with Crippen molar-refractivity contribution in [3.05, 3.63) is 145 Å². The lowest BCUT2D eigenvalue weighted by Crippen LogP contribution is -2.14. The van der Waals surface area contributed by atoms with E-state index in [1.165, 1.54) is 49.8 Å². The number of hydrogen-bond acceptors (Lipinski definition) is 14. The first-order chi connectivity index (χ1) is 28.2. The largest absolute Gasteiger partial charge is 0.493 e. The number of ether oxygens (including phenoxy) is 7. The van der Waals surface area contributed by atoms with Crippen molar-refractivity contribution in [1.29, 1.82) is 0 Å². The third-order valence-electron chi connectivity index (χ3n) is 8.01. The fourth-order valence-corrected chi connectivity index (χ4v) is 5.01. The first-order valence-electron chi connectivity index (χ1n) is 17.8. The SMILES string of the molecule is C=CC(=O)OCCCOc1ccc(-c2ccc(C(=O)Oc3ccc(C(=O)OC)cc3OC(=O)c3ccc(-c4ccc(OCCCOC(=O)C=C)cc4)nc3)cn2)cc1. The van der Waals surface area contributed by atoms with Gasteiger partial charge in [-0.25, -0.2) is 24.0 Å². The van der Waals surface area contributed by atoms with E-state index in [-0.39, 0.29) is 41.4 Å². The molecule has 58 heavy (non-hydrogen) atoms. The summed E-state index contributed by atoms with van der Waals surface area (Å²) >= 11 is 0. The van der Waals surface area contributed by atoms with Crippen LogP contribution in [0, 0.1) is 0 Å². The van der Waals surface area contributed by atoms with Gasteiger partial charge in [0.25, 0.3) is 0 Å². The molecule has 0 aliphatic rings. The van der Waals surface area contributed by atoms with Gasteiger partial charge < -0.3 is 33.2 Å². The van der Waals surface area contributed by atoms with Crippen LogP contribution in [0.5, 0.6) is 23.0 Å². The highest BCUT2D eigenvalue weighted by Crippen LogP contribution is 2.31. The molecule has 3 aromatic carbocycles. The molecule has 0 aliphatic heterocycles. The van der Waals surface area contributed by atoms with Crippen LogP contribution in [-0.4, -0.2) is 73.4 Å². The lowest BCUT2D eigenvalue weighted by atomic mass is 10.1. The van der Waals surface area contributed by atoms with E-state index in [2.05, 4.69) is 23.1 Å². The minimum atomic E-state index is -0.822. The number of nitrogens with zero attached hydrogens (tertiary/aromatic N) is 2. The van der Waals surface area contributed by atoms with Gasteiger partial charge in [0.15, 0.2) is 11.5 Å². The zero-order valence-corrected chi connectivity index (χ0v) is 31.4. The molecule has 0 spiro atoms. The number of carbonyl (C=O) groups excluding carboxylic acids is 5. The average molecular weight is 787 g/mol. The van der Waals surface area contributed by atoms with E-state index >= 15 is 0 Å². The molecule has 14 heteroatoms. The highest BCUT2D eigenvalue weighted by Gasteiger charge is 2.20. The predicted molar refractivity (Wildman–Crippen MR) is 210 cm³/mol. The standard InChI is InChI=1S/C44H38N2O12/c1-4-40(47)55-24-6-22-53-34-15-8-29(9-16-34)36-19-12-32(27-45-36)43(50)57-38-21-14-31(42(49)52-3)26-39(38)58-44(51)33-13-20-37(46-28-33)30-10-17-35(18-11-30)54-23-7-25-56-41(48)5-2/h4-5,8-21,26-28H,1-2,6-7,22-25H2,3H3. The quantitative estimate of drug-likeness (QED) is 0.0274. The number of methoxy groups -OCH3 is 1. The minimum absolute atomic E-state index is 0.0542. The molecule has 0 radical (unpaired) electrons. The van der Waals surface area contributed by atoms with E-state index in [9.17, 15) is 24.0 Å². The molecule has 2 heterocycles. The van der Waals surface area contributed by atoms with Crippen LogP contribution in [0.2, 0.25) is 0 Å². The fourth-order valence-electron chi connectivity index (χ4n) is 5.01. The molecule has 296 valence electrons. The lowest BCUT2D eigenvalue weighted by Gasteiger charge is -2.12. The summed E-state index contributed by atoms with van der Waals surface area (Å²) in [6.45, 7) is 7.84. The van der Waals surface area contributed by atoms with Crippen molar-refractivity contribution in [3.63, 3.8) is 0 Å². The maximum atomic E-state index is 13.3.